The summed E-state index contributed by atoms with van der Waals surface area (Å²) in [7, 11) is 3.34. The molecule has 16 rings (SSSR count). The first-order chi connectivity index (χ1) is 46.9. The molecule has 4 aliphatic heterocycles. The van der Waals surface area contributed by atoms with Crippen LogP contribution in [-0.4, -0.2) is 130 Å². The van der Waals surface area contributed by atoms with Gasteiger partial charge in [-0.25, -0.2) is 0 Å². The van der Waals surface area contributed by atoms with Gasteiger partial charge in [0.05, 0.1) is 28.7 Å². The number of aromatic nitrogens is 3. The van der Waals surface area contributed by atoms with Gasteiger partial charge >= 0.3 is 23.1 Å². The Hall–Kier alpha value is -6.48. The van der Waals surface area contributed by atoms with Crippen LogP contribution in [0.3, 0.4) is 0 Å². The third-order valence-corrected chi connectivity index (χ3v) is 21.8. The SMILES string of the molecule is C1CCOC1.COC1=Cc2ccccc2C(O)(C2CCN(Cc3cncc(C)c3)CC2)c2ccsc21.COc1cc2ccccc2c(=O)c2ccsc12.Cc1cncc(CN2CCC(=C3c4ccccc4CC(=O)c4sccc43)CC2)c1.Cc1cncc(CN2CC[CH-]CC2)c1.Cl.[Cl-].[Mg+2]. The molecule has 4 fully saturated rings. The van der Waals surface area contributed by atoms with E-state index in [-0.39, 0.29) is 65.0 Å². The van der Waals surface area contributed by atoms with E-state index in [0.29, 0.717) is 6.42 Å². The first-order valence-corrected chi connectivity index (χ1v) is 36.4. The van der Waals surface area contributed by atoms with Crippen molar-refractivity contribution in [2.75, 3.05) is 66.7 Å². The number of thiophene rings is 3. The molecule has 10 aromatic rings. The molecule has 0 bridgehead atoms. The summed E-state index contributed by atoms with van der Waals surface area (Å²) in [6.07, 6.45) is 25.6. The Bertz CT molecular complexity index is 4420. The molecule has 0 radical (unpaired) electrons. The average Bonchev–Trinajstić information content (AvgIpc) is 1.63. The summed E-state index contributed by atoms with van der Waals surface area (Å²) in [6, 6.07) is 39.0. The summed E-state index contributed by atoms with van der Waals surface area (Å²) >= 11 is 4.76. The van der Waals surface area contributed by atoms with Gasteiger partial charge in [-0.15, -0.1) is 46.4 Å². The predicted octanol–water partition coefficient (Wildman–Crippen LogP) is 13.8. The topological polar surface area (TPSA) is 130 Å². The molecule has 99 heavy (non-hydrogen) atoms. The molecule has 2 aliphatic carbocycles. The van der Waals surface area contributed by atoms with Gasteiger partial charge in [0, 0.05) is 111 Å². The molecule has 0 spiro atoms. The van der Waals surface area contributed by atoms with Gasteiger partial charge in [0.2, 0.25) is 0 Å². The smallest absolute Gasteiger partial charge is 1.00 e. The third kappa shape index (κ3) is 18.8. The van der Waals surface area contributed by atoms with E-state index in [2.05, 4.69) is 134 Å². The van der Waals surface area contributed by atoms with Crippen molar-refractivity contribution in [2.45, 2.75) is 104 Å². The number of pyridine rings is 3. The van der Waals surface area contributed by atoms with Crippen LogP contribution in [0.25, 0.3) is 38.3 Å². The maximum atomic E-state index is 12.8. The number of aryl methyl sites for hydroxylation is 3. The summed E-state index contributed by atoms with van der Waals surface area (Å²) in [5, 5.41) is 20.8. The zero-order chi connectivity index (χ0) is 66.4. The third-order valence-electron chi connectivity index (χ3n) is 19.0. The number of Topliss-reactive ketones (excluding diaryl/α,β-unsaturated/α-hetero) is 1. The van der Waals surface area contributed by atoms with E-state index in [1.807, 2.05) is 97.2 Å². The second kappa shape index (κ2) is 36.9. The summed E-state index contributed by atoms with van der Waals surface area (Å²) in [6.45, 7) is 17.6. The number of methoxy groups -OCH3 is 2. The monoisotopic (exact) mass is 1430 g/mol. The number of benzene rings is 3. The van der Waals surface area contributed by atoms with E-state index in [9.17, 15) is 14.7 Å². The van der Waals surface area contributed by atoms with Gasteiger partial charge in [-0.1, -0.05) is 96.6 Å². The molecule has 4 saturated heterocycles. The first-order valence-electron chi connectivity index (χ1n) is 33.8. The molecule has 10 heterocycles. The van der Waals surface area contributed by atoms with Gasteiger partial charge in [0.15, 0.2) is 11.2 Å². The van der Waals surface area contributed by atoms with Crippen LogP contribution in [0.2, 0.25) is 0 Å². The number of halogens is 2. The molecule has 1 N–H and O–H groups in total. The number of hydrogen-bond donors (Lipinski definition) is 1. The molecule has 1 unspecified atom stereocenters. The molecule has 1 atom stereocenters. The van der Waals surface area contributed by atoms with E-state index in [1.54, 1.807) is 36.9 Å². The van der Waals surface area contributed by atoms with Crippen molar-refractivity contribution in [3.8, 4) is 5.75 Å². The molecule has 6 aromatic heterocycles. The van der Waals surface area contributed by atoms with Crippen molar-refractivity contribution in [1.29, 1.82) is 0 Å². The Kier molecular flexibility index (Phi) is 28.6. The zero-order valence-corrected chi connectivity index (χ0v) is 62.9. The quantitative estimate of drug-likeness (QED) is 0.109. The van der Waals surface area contributed by atoms with Crippen LogP contribution in [-0.2, 0) is 41.1 Å². The van der Waals surface area contributed by atoms with E-state index >= 15 is 0 Å². The minimum Gasteiger partial charge on any atom is -1.00 e. The number of ketones is 1. The fourth-order valence-electron chi connectivity index (χ4n) is 14.2. The Morgan fingerprint density at radius 3 is 1.79 bits per heavy atom. The Morgan fingerprint density at radius 1 is 0.606 bits per heavy atom. The number of carbonyl (C=O) groups excluding carboxylic acids is 1. The molecular formula is C81H88Cl2MgN6O6S3. The van der Waals surface area contributed by atoms with Crippen LogP contribution in [0, 0.1) is 33.1 Å². The van der Waals surface area contributed by atoms with Gasteiger partial charge in [-0.2, -0.15) is 12.8 Å². The largest absolute Gasteiger partial charge is 2.00 e. The van der Waals surface area contributed by atoms with Gasteiger partial charge in [-0.05, 0) is 204 Å². The van der Waals surface area contributed by atoms with Crippen molar-refractivity contribution < 1.29 is 36.5 Å². The van der Waals surface area contributed by atoms with Crippen LogP contribution >= 0.6 is 46.4 Å². The second-order valence-corrected chi connectivity index (χ2v) is 28.6. The van der Waals surface area contributed by atoms with Crippen molar-refractivity contribution in [2.24, 2.45) is 5.92 Å². The van der Waals surface area contributed by atoms with Crippen molar-refractivity contribution in [1.82, 2.24) is 29.7 Å². The molecule has 6 aliphatic rings. The number of piperidine rings is 3. The molecule has 4 aromatic carbocycles. The number of nitrogens with zero attached hydrogens (tertiary/aromatic N) is 6. The maximum Gasteiger partial charge on any atom is 2.00 e. The van der Waals surface area contributed by atoms with Crippen LogP contribution in [0.4, 0.5) is 0 Å². The maximum absolute atomic E-state index is 12.8. The van der Waals surface area contributed by atoms with E-state index < -0.39 is 5.60 Å². The summed E-state index contributed by atoms with van der Waals surface area (Å²) in [5.74, 6) is 1.99. The van der Waals surface area contributed by atoms with Gasteiger partial charge in [0.1, 0.15) is 17.1 Å². The summed E-state index contributed by atoms with van der Waals surface area (Å²) < 4.78 is 17.0. The fraction of sp³-hybridized carbons (Fsp3) is 0.333. The Labute approximate surface area is 624 Å². The standard InChI is InChI=1S/C26H28N2O2S.C25H24N2OS.C14H10O2S.C12H17N2.C4H8O.2ClH.Mg/c1-18-13-19(16-27-15-18)17-28-10-7-21(8-11-28)26(29)22-6-4-3-5-20(22)14-24(30-2)25-23(26)9-12-31-25;1-17-12-18(15-26-14-17)16-27-9-6-19(7-10-27)24-21-5-3-2-4-20(21)13-23(28)25-22(24)8-11-29-25;1-16-12-8-9-4-2-3-5-10(9)13(15)11-6-7-17-14(11)12;1-11-7-12(9-13-8-11)10-14-5-3-2-4-6-14;1-2-4-5-3-1;;;/h3-6,9,12-16,21,29H,7-8,10-11,17H2,1-2H3;2-5,8,11-12,14-15H,6-7,9-10,13,16H2,1H3;2-8H,1H3;2,7-9H,3-6,10H2,1H3;1-4H2;2*1H;/q;;;-1;;;;+2/p-1. The summed E-state index contributed by atoms with van der Waals surface area (Å²) in [4.78, 5) is 47.5. The zero-order valence-electron chi connectivity index (χ0n) is 57.4. The molecule has 18 heteroatoms. The van der Waals surface area contributed by atoms with Crippen LogP contribution < -0.4 is 22.6 Å². The van der Waals surface area contributed by atoms with Crippen molar-refractivity contribution in [3.05, 3.63) is 267 Å². The number of likely N-dealkylation sites (tertiary alicyclic amines) is 3. The van der Waals surface area contributed by atoms with E-state index in [4.69, 9.17) is 14.2 Å². The molecule has 12 nitrogen and oxygen atoms in total. The summed E-state index contributed by atoms with van der Waals surface area (Å²) in [5.41, 5.74) is 16.0. The van der Waals surface area contributed by atoms with Gasteiger partial charge < -0.3 is 43.0 Å². The number of hydrogen-bond acceptors (Lipinski definition) is 15. The minimum absolute atomic E-state index is 0. The van der Waals surface area contributed by atoms with Gasteiger partial charge in [0.25, 0.3) is 0 Å². The molecule has 0 amide bonds. The number of ether oxygens (including phenoxy) is 3. The second-order valence-electron chi connectivity index (χ2n) is 25.8. The fourth-order valence-corrected chi connectivity index (χ4v) is 16.9. The van der Waals surface area contributed by atoms with Crippen molar-refractivity contribution >= 4 is 114 Å². The van der Waals surface area contributed by atoms with E-state index in [0.717, 1.165) is 155 Å². The predicted molar refractivity (Wildman–Crippen MR) is 407 cm³/mol. The number of fused-ring (bicyclic) bond motifs is 6. The normalized spacial score (nSPS) is 17.5. The van der Waals surface area contributed by atoms with Crippen LogP contribution in [0.5, 0.6) is 5.75 Å². The average molecular weight is 1430 g/mol. The number of carbonyl (C=O) groups is 1. The number of aliphatic hydroxyl groups is 1. The van der Waals surface area contributed by atoms with Crippen LogP contribution in [0.15, 0.2) is 179 Å². The Morgan fingerprint density at radius 2 is 1.17 bits per heavy atom. The Balaban J connectivity index is 0.000000155. The number of rotatable bonds is 9. The molecule has 512 valence electrons. The molecular weight excluding hydrogens is 1340 g/mol. The first kappa shape index (κ1) is 76.7. The van der Waals surface area contributed by atoms with Crippen LogP contribution in [0.1, 0.15) is 133 Å². The minimum atomic E-state index is -1.01. The van der Waals surface area contributed by atoms with Gasteiger partial charge in [-0.3, -0.25) is 34.3 Å². The van der Waals surface area contributed by atoms with E-state index in [1.165, 1.54) is 100 Å². The van der Waals surface area contributed by atoms with Crippen molar-refractivity contribution in [3.63, 3.8) is 0 Å². The molecule has 0 saturated carbocycles.